The molecule has 1 unspecified atom stereocenters. The van der Waals surface area contributed by atoms with Gasteiger partial charge < -0.3 is 30.0 Å². The molecule has 10 heteroatoms. The predicted molar refractivity (Wildman–Crippen MR) is 87.5 cm³/mol. The number of rotatable bonds is 3. The van der Waals surface area contributed by atoms with Crippen molar-refractivity contribution in [2.24, 2.45) is 0 Å². The molecule has 0 aliphatic carbocycles. The Morgan fingerprint density at radius 2 is 1.96 bits per heavy atom. The minimum Gasteiger partial charge on any atom is -0.481 e. The molecule has 0 saturated carbocycles. The lowest BCUT2D eigenvalue weighted by Gasteiger charge is -2.32. The average molecular weight is 346 g/mol. The number of morpholine rings is 1. The lowest BCUT2D eigenvalue weighted by molar-refractivity contribution is 0.0408. The van der Waals surface area contributed by atoms with Gasteiger partial charge in [-0.2, -0.15) is 4.98 Å². The first-order valence-electron chi connectivity index (χ1n) is 7.97. The zero-order valence-corrected chi connectivity index (χ0v) is 13.5. The topological polar surface area (TPSA) is 129 Å². The Bertz CT molecular complexity index is 750. The fourth-order valence-electron chi connectivity index (χ4n) is 2.66. The number of anilines is 2. The highest BCUT2D eigenvalue weighted by atomic mass is 16.6. The fraction of sp³-hybridized carbons (Fsp3) is 0.467. The number of hydrogen-bond acceptors (Lipinski definition) is 10. The van der Waals surface area contributed by atoms with Crippen LogP contribution in [0.2, 0.25) is 0 Å². The molecule has 4 heterocycles. The van der Waals surface area contributed by atoms with Gasteiger partial charge in [-0.15, -0.1) is 0 Å². The van der Waals surface area contributed by atoms with Gasteiger partial charge in [0.25, 0.3) is 5.88 Å². The van der Waals surface area contributed by atoms with Crippen LogP contribution in [0.25, 0.3) is 11.4 Å². The van der Waals surface area contributed by atoms with Crippen molar-refractivity contribution in [2.45, 2.75) is 6.10 Å². The maximum absolute atomic E-state index is 9.34. The zero-order chi connectivity index (χ0) is 17.2. The molecule has 2 aliphatic rings. The van der Waals surface area contributed by atoms with Gasteiger partial charge >= 0.3 is 0 Å². The summed E-state index contributed by atoms with van der Waals surface area (Å²) in [4.78, 5) is 19.1. The van der Waals surface area contributed by atoms with Crippen LogP contribution in [-0.2, 0) is 4.74 Å². The molecule has 4 rings (SSSR count). The first kappa shape index (κ1) is 15.8. The summed E-state index contributed by atoms with van der Waals surface area (Å²) in [6, 6.07) is 0. The second-order valence-corrected chi connectivity index (χ2v) is 5.67. The molecule has 1 atom stereocenters. The maximum Gasteiger partial charge on any atom is 0.263 e. The Morgan fingerprint density at radius 3 is 2.68 bits per heavy atom. The third-order valence-electron chi connectivity index (χ3n) is 3.95. The van der Waals surface area contributed by atoms with Gasteiger partial charge in [0.1, 0.15) is 6.61 Å². The maximum atomic E-state index is 9.34. The molecule has 2 aliphatic heterocycles. The van der Waals surface area contributed by atoms with Gasteiger partial charge in [-0.05, 0) is 0 Å². The van der Waals surface area contributed by atoms with E-state index >= 15 is 0 Å². The smallest absolute Gasteiger partial charge is 0.263 e. The van der Waals surface area contributed by atoms with E-state index in [0.717, 1.165) is 0 Å². The lowest BCUT2D eigenvalue weighted by atomic mass is 10.3. The van der Waals surface area contributed by atoms with E-state index in [2.05, 4.69) is 24.8 Å². The number of ether oxygens (including phenoxy) is 3. The molecular formula is C15H18N6O4. The number of nitrogens with two attached hydrogens (primary N) is 1. The highest BCUT2D eigenvalue weighted by Gasteiger charge is 2.30. The third-order valence-corrected chi connectivity index (χ3v) is 3.95. The number of aliphatic hydroxyl groups excluding tert-OH is 1. The van der Waals surface area contributed by atoms with Crippen LogP contribution in [0.4, 0.5) is 11.8 Å². The van der Waals surface area contributed by atoms with Gasteiger partial charge in [0.2, 0.25) is 11.7 Å². The van der Waals surface area contributed by atoms with Crippen molar-refractivity contribution < 1.29 is 19.3 Å². The standard InChI is InChI=1S/C15H18N6O4/c16-15-17-5-9(6-18-15)12-19-13(21-1-3-23-4-2-21)11-14(20-12)25-10(7-22)8-24-11/h5-6,10,22H,1-4,7-8H2,(H2,16,17,18). The van der Waals surface area contributed by atoms with E-state index in [-0.39, 0.29) is 19.2 Å². The largest absolute Gasteiger partial charge is 0.481 e. The third kappa shape index (κ3) is 3.13. The van der Waals surface area contributed by atoms with E-state index in [1.54, 1.807) is 12.4 Å². The quantitative estimate of drug-likeness (QED) is 0.749. The van der Waals surface area contributed by atoms with Crippen molar-refractivity contribution in [3.05, 3.63) is 12.4 Å². The number of hydrogen-bond donors (Lipinski definition) is 2. The van der Waals surface area contributed by atoms with E-state index in [1.807, 2.05) is 0 Å². The summed E-state index contributed by atoms with van der Waals surface area (Å²) in [6.07, 6.45) is 2.65. The number of aromatic nitrogens is 4. The number of nitrogen functional groups attached to an aromatic ring is 1. The van der Waals surface area contributed by atoms with E-state index in [1.165, 1.54) is 0 Å². The van der Waals surface area contributed by atoms with Crippen molar-refractivity contribution in [1.82, 2.24) is 19.9 Å². The summed E-state index contributed by atoms with van der Waals surface area (Å²) in [5.74, 6) is 1.99. The summed E-state index contributed by atoms with van der Waals surface area (Å²) < 4.78 is 16.9. The van der Waals surface area contributed by atoms with Gasteiger partial charge in [0, 0.05) is 25.5 Å². The number of nitrogens with zero attached hydrogens (tertiary/aromatic N) is 5. The van der Waals surface area contributed by atoms with Crippen LogP contribution in [0, 0.1) is 0 Å². The molecule has 2 aromatic rings. The fourth-order valence-corrected chi connectivity index (χ4v) is 2.66. The van der Waals surface area contributed by atoms with Crippen molar-refractivity contribution >= 4 is 11.8 Å². The highest BCUT2D eigenvalue weighted by molar-refractivity contribution is 5.65. The molecule has 0 radical (unpaired) electrons. The SMILES string of the molecule is Nc1ncc(-c2nc3c(c(N4CCOCC4)n2)OCC(CO)O3)cn1. The average Bonchev–Trinajstić information content (AvgIpc) is 2.68. The molecular weight excluding hydrogens is 328 g/mol. The Hall–Kier alpha value is -2.72. The number of fused-ring (bicyclic) bond motifs is 1. The first-order chi connectivity index (χ1) is 12.2. The highest BCUT2D eigenvalue weighted by Crippen LogP contribution is 2.39. The normalized spacial score (nSPS) is 19.7. The summed E-state index contributed by atoms with van der Waals surface area (Å²) in [5.41, 5.74) is 6.15. The Labute approximate surface area is 143 Å². The summed E-state index contributed by atoms with van der Waals surface area (Å²) >= 11 is 0. The van der Waals surface area contributed by atoms with Gasteiger partial charge in [-0.25, -0.2) is 15.0 Å². The van der Waals surface area contributed by atoms with Crippen LogP contribution in [0.3, 0.4) is 0 Å². The molecule has 2 aromatic heterocycles. The van der Waals surface area contributed by atoms with E-state index in [0.29, 0.717) is 55.1 Å². The van der Waals surface area contributed by atoms with Gasteiger partial charge in [0.15, 0.2) is 17.7 Å². The van der Waals surface area contributed by atoms with Gasteiger partial charge in [0.05, 0.1) is 25.4 Å². The molecule has 10 nitrogen and oxygen atoms in total. The first-order valence-corrected chi connectivity index (χ1v) is 7.97. The zero-order valence-electron chi connectivity index (χ0n) is 13.5. The second kappa shape index (κ2) is 6.65. The van der Waals surface area contributed by atoms with E-state index in [9.17, 15) is 5.11 Å². The molecule has 25 heavy (non-hydrogen) atoms. The Kier molecular flexibility index (Phi) is 4.20. The van der Waals surface area contributed by atoms with Crippen molar-refractivity contribution in [3.63, 3.8) is 0 Å². The summed E-state index contributed by atoms with van der Waals surface area (Å²) in [7, 11) is 0. The van der Waals surface area contributed by atoms with E-state index < -0.39 is 6.10 Å². The monoisotopic (exact) mass is 346 g/mol. The van der Waals surface area contributed by atoms with Crippen molar-refractivity contribution in [3.8, 4) is 23.0 Å². The van der Waals surface area contributed by atoms with Crippen LogP contribution < -0.4 is 20.1 Å². The van der Waals surface area contributed by atoms with Crippen LogP contribution >= 0.6 is 0 Å². The molecule has 0 spiro atoms. The van der Waals surface area contributed by atoms with Crippen molar-refractivity contribution in [2.75, 3.05) is 50.2 Å². The van der Waals surface area contributed by atoms with Crippen molar-refractivity contribution in [1.29, 1.82) is 0 Å². The predicted octanol–water partition coefficient (Wildman–Crippen LogP) is -0.516. The number of aliphatic hydroxyl groups is 1. The molecule has 132 valence electrons. The molecule has 1 fully saturated rings. The molecule has 0 aromatic carbocycles. The minimum absolute atomic E-state index is 0.156. The van der Waals surface area contributed by atoms with Gasteiger partial charge in [-0.3, -0.25) is 0 Å². The Morgan fingerprint density at radius 1 is 1.20 bits per heavy atom. The lowest BCUT2D eigenvalue weighted by Crippen LogP contribution is -2.39. The minimum atomic E-state index is -0.463. The molecule has 0 amide bonds. The van der Waals surface area contributed by atoms with Crippen LogP contribution in [0.5, 0.6) is 11.6 Å². The molecule has 1 saturated heterocycles. The molecule has 3 N–H and O–H groups in total. The van der Waals surface area contributed by atoms with Gasteiger partial charge in [-0.1, -0.05) is 0 Å². The van der Waals surface area contributed by atoms with Crippen LogP contribution in [0.1, 0.15) is 0 Å². The molecule has 0 bridgehead atoms. The summed E-state index contributed by atoms with van der Waals surface area (Å²) in [6.45, 7) is 2.69. The second-order valence-electron chi connectivity index (χ2n) is 5.67. The van der Waals surface area contributed by atoms with Crippen LogP contribution in [-0.4, -0.2) is 70.7 Å². The summed E-state index contributed by atoms with van der Waals surface area (Å²) in [5, 5.41) is 9.34. The Balaban J connectivity index is 1.78. The van der Waals surface area contributed by atoms with Crippen LogP contribution in [0.15, 0.2) is 12.4 Å². The van der Waals surface area contributed by atoms with E-state index in [4.69, 9.17) is 19.9 Å².